The molecule has 0 bridgehead atoms. The summed E-state index contributed by atoms with van der Waals surface area (Å²) in [6.45, 7) is 5.58. The van der Waals surface area contributed by atoms with Crippen LogP contribution in [-0.2, 0) is 4.79 Å². The number of ether oxygens (including phenoxy) is 3. The van der Waals surface area contributed by atoms with Gasteiger partial charge in [-0.2, -0.15) is 0 Å². The van der Waals surface area contributed by atoms with Crippen molar-refractivity contribution in [2.24, 2.45) is 0 Å². The third kappa shape index (κ3) is 6.72. The molecule has 10 heteroatoms. The molecule has 0 heterocycles. The number of nitro benzene ring substituents is 1. The molecule has 36 heavy (non-hydrogen) atoms. The van der Waals surface area contributed by atoms with Crippen molar-refractivity contribution in [3.05, 3.63) is 81.9 Å². The summed E-state index contributed by atoms with van der Waals surface area (Å²) in [7, 11) is 0. The molecule has 188 valence electrons. The molecule has 0 saturated heterocycles. The van der Waals surface area contributed by atoms with Crippen molar-refractivity contribution in [3.63, 3.8) is 0 Å². The van der Waals surface area contributed by atoms with E-state index < -0.39 is 10.8 Å². The first kappa shape index (κ1) is 26.0. The molecule has 0 spiro atoms. The molecule has 0 radical (unpaired) electrons. The molecule has 0 atom stereocenters. The molecule has 0 unspecified atom stereocenters. The molecular weight excluding hydrogens is 466 g/mol. The van der Waals surface area contributed by atoms with E-state index in [0.717, 1.165) is 0 Å². The van der Waals surface area contributed by atoms with Crippen molar-refractivity contribution in [1.29, 1.82) is 0 Å². The average molecular weight is 494 g/mol. The Hall–Kier alpha value is -4.60. The standard InChI is InChI=1S/C26H27N3O7/c1-4-34-23-15-21(28-26(31)18-9-7-6-8-10-18)24(35-5-2)14-20(23)27-25(30)16-36-22-12-11-19(29(32)33)13-17(22)3/h6-15H,4-5,16H2,1-3H3,(H,27,30)(H,28,31). The van der Waals surface area contributed by atoms with Crippen LogP contribution in [0.4, 0.5) is 17.1 Å². The van der Waals surface area contributed by atoms with E-state index in [2.05, 4.69) is 10.6 Å². The zero-order valence-corrected chi connectivity index (χ0v) is 20.2. The monoisotopic (exact) mass is 493 g/mol. The quantitative estimate of drug-likeness (QED) is 0.285. The van der Waals surface area contributed by atoms with Crippen molar-refractivity contribution in [1.82, 2.24) is 0 Å². The first-order valence-electron chi connectivity index (χ1n) is 11.3. The van der Waals surface area contributed by atoms with Gasteiger partial charge in [0, 0.05) is 29.8 Å². The highest BCUT2D eigenvalue weighted by atomic mass is 16.6. The maximum Gasteiger partial charge on any atom is 0.269 e. The number of amides is 2. The van der Waals surface area contributed by atoms with Crippen LogP contribution in [0.1, 0.15) is 29.8 Å². The first-order valence-corrected chi connectivity index (χ1v) is 11.3. The third-order valence-electron chi connectivity index (χ3n) is 4.97. The number of aryl methyl sites for hydroxylation is 1. The van der Waals surface area contributed by atoms with E-state index in [4.69, 9.17) is 14.2 Å². The van der Waals surface area contributed by atoms with Crippen LogP contribution >= 0.6 is 0 Å². The number of carbonyl (C=O) groups excluding carboxylic acids is 2. The lowest BCUT2D eigenvalue weighted by molar-refractivity contribution is -0.384. The summed E-state index contributed by atoms with van der Waals surface area (Å²) in [6, 6.07) is 16.0. The zero-order valence-electron chi connectivity index (χ0n) is 20.2. The van der Waals surface area contributed by atoms with Gasteiger partial charge < -0.3 is 24.8 Å². The van der Waals surface area contributed by atoms with Crippen molar-refractivity contribution in [3.8, 4) is 17.2 Å². The number of hydrogen-bond donors (Lipinski definition) is 2. The second-order valence-electron chi connectivity index (χ2n) is 7.57. The SMILES string of the molecule is CCOc1cc(NC(=O)c2ccccc2)c(OCC)cc1NC(=O)COc1ccc([N+](=O)[O-])cc1C. The molecule has 0 saturated carbocycles. The van der Waals surface area contributed by atoms with Gasteiger partial charge in [0.05, 0.1) is 29.5 Å². The van der Waals surface area contributed by atoms with E-state index in [1.54, 1.807) is 57.2 Å². The van der Waals surface area contributed by atoms with E-state index in [-0.39, 0.29) is 18.2 Å². The number of anilines is 2. The number of non-ortho nitro benzene ring substituents is 1. The Balaban J connectivity index is 1.78. The normalized spacial score (nSPS) is 10.3. The molecular formula is C26H27N3O7. The Morgan fingerprint density at radius 2 is 1.44 bits per heavy atom. The van der Waals surface area contributed by atoms with Gasteiger partial charge in [-0.1, -0.05) is 18.2 Å². The van der Waals surface area contributed by atoms with Gasteiger partial charge >= 0.3 is 0 Å². The Morgan fingerprint density at radius 3 is 2.00 bits per heavy atom. The van der Waals surface area contributed by atoms with Crippen LogP contribution < -0.4 is 24.8 Å². The smallest absolute Gasteiger partial charge is 0.269 e. The molecule has 3 rings (SSSR count). The largest absolute Gasteiger partial charge is 0.492 e. The molecule has 10 nitrogen and oxygen atoms in total. The Bertz CT molecular complexity index is 1250. The van der Waals surface area contributed by atoms with Gasteiger partial charge in [0.2, 0.25) is 0 Å². The number of rotatable bonds is 11. The highest BCUT2D eigenvalue weighted by Crippen LogP contribution is 2.37. The van der Waals surface area contributed by atoms with Crippen LogP contribution in [0.2, 0.25) is 0 Å². The van der Waals surface area contributed by atoms with E-state index in [0.29, 0.717) is 53.0 Å². The maximum absolute atomic E-state index is 12.7. The summed E-state index contributed by atoms with van der Waals surface area (Å²) >= 11 is 0. The summed E-state index contributed by atoms with van der Waals surface area (Å²) in [6.07, 6.45) is 0. The molecule has 3 aromatic rings. The van der Waals surface area contributed by atoms with E-state index in [1.807, 2.05) is 6.07 Å². The predicted molar refractivity (Wildman–Crippen MR) is 135 cm³/mol. The molecule has 0 aliphatic rings. The fourth-order valence-corrected chi connectivity index (χ4v) is 3.33. The van der Waals surface area contributed by atoms with Crippen LogP contribution in [0.3, 0.4) is 0 Å². The molecule has 0 aromatic heterocycles. The predicted octanol–water partition coefficient (Wildman–Crippen LogP) is 4.97. The Morgan fingerprint density at radius 1 is 0.833 bits per heavy atom. The first-order chi connectivity index (χ1) is 17.3. The number of nitrogens with zero attached hydrogens (tertiary/aromatic N) is 1. The zero-order chi connectivity index (χ0) is 26.1. The van der Waals surface area contributed by atoms with Gasteiger partial charge in [-0.25, -0.2) is 0 Å². The number of carbonyl (C=O) groups is 2. The summed E-state index contributed by atoms with van der Waals surface area (Å²) in [4.78, 5) is 35.7. The summed E-state index contributed by atoms with van der Waals surface area (Å²) < 4.78 is 16.9. The second kappa shape index (κ2) is 12.2. The third-order valence-corrected chi connectivity index (χ3v) is 4.97. The van der Waals surface area contributed by atoms with Gasteiger partial charge in [-0.05, 0) is 44.5 Å². The van der Waals surface area contributed by atoms with Gasteiger partial charge in [0.15, 0.2) is 6.61 Å². The molecule has 0 fully saturated rings. The van der Waals surface area contributed by atoms with E-state index >= 15 is 0 Å². The number of benzene rings is 3. The average Bonchev–Trinajstić information content (AvgIpc) is 2.86. The van der Waals surface area contributed by atoms with Crippen LogP contribution in [0, 0.1) is 17.0 Å². The Labute approximate surface area is 208 Å². The molecule has 0 aliphatic heterocycles. The lowest BCUT2D eigenvalue weighted by atomic mass is 10.2. The van der Waals surface area contributed by atoms with E-state index in [9.17, 15) is 19.7 Å². The lowest BCUT2D eigenvalue weighted by Gasteiger charge is -2.18. The van der Waals surface area contributed by atoms with Crippen LogP contribution in [0.25, 0.3) is 0 Å². The van der Waals surface area contributed by atoms with Crippen LogP contribution in [-0.4, -0.2) is 36.6 Å². The fourth-order valence-electron chi connectivity index (χ4n) is 3.33. The lowest BCUT2D eigenvalue weighted by Crippen LogP contribution is -2.21. The molecule has 3 aromatic carbocycles. The highest BCUT2D eigenvalue weighted by Gasteiger charge is 2.18. The molecule has 0 aliphatic carbocycles. The highest BCUT2D eigenvalue weighted by molar-refractivity contribution is 6.05. The minimum Gasteiger partial charge on any atom is -0.492 e. The number of nitro groups is 1. The van der Waals surface area contributed by atoms with Crippen molar-refractivity contribution < 1.29 is 28.7 Å². The fraction of sp³-hybridized carbons (Fsp3) is 0.231. The second-order valence-corrected chi connectivity index (χ2v) is 7.57. The molecule has 2 amide bonds. The minimum absolute atomic E-state index is 0.0615. The van der Waals surface area contributed by atoms with Crippen molar-refractivity contribution >= 4 is 28.9 Å². The van der Waals surface area contributed by atoms with Crippen molar-refractivity contribution in [2.75, 3.05) is 30.5 Å². The van der Waals surface area contributed by atoms with E-state index in [1.165, 1.54) is 18.2 Å². The summed E-state index contributed by atoms with van der Waals surface area (Å²) in [5, 5.41) is 16.5. The number of nitrogens with one attached hydrogen (secondary N) is 2. The minimum atomic E-state index is -0.499. The van der Waals surface area contributed by atoms with Gasteiger partial charge in [-0.15, -0.1) is 0 Å². The topological polar surface area (TPSA) is 129 Å². The van der Waals surface area contributed by atoms with Crippen LogP contribution in [0.15, 0.2) is 60.7 Å². The van der Waals surface area contributed by atoms with Gasteiger partial charge in [0.1, 0.15) is 17.2 Å². The molecule has 2 N–H and O–H groups in total. The summed E-state index contributed by atoms with van der Waals surface area (Å²) in [5.41, 5.74) is 1.68. The van der Waals surface area contributed by atoms with Gasteiger partial charge in [-0.3, -0.25) is 19.7 Å². The maximum atomic E-state index is 12.7. The van der Waals surface area contributed by atoms with Crippen LogP contribution in [0.5, 0.6) is 17.2 Å². The Kier molecular flexibility index (Phi) is 8.82. The number of hydrogen-bond acceptors (Lipinski definition) is 7. The van der Waals surface area contributed by atoms with Gasteiger partial charge in [0.25, 0.3) is 17.5 Å². The summed E-state index contributed by atoms with van der Waals surface area (Å²) in [5.74, 6) is 0.256. The van der Waals surface area contributed by atoms with Crippen molar-refractivity contribution in [2.45, 2.75) is 20.8 Å².